The molecule has 1 unspecified atom stereocenters. The summed E-state index contributed by atoms with van der Waals surface area (Å²) >= 11 is 0. The molecule has 6 N–H and O–H groups in total. The van der Waals surface area contributed by atoms with Crippen LogP contribution in [-0.2, 0) is 21.2 Å². The van der Waals surface area contributed by atoms with E-state index in [1.165, 1.54) is 16.4 Å². The highest BCUT2D eigenvalue weighted by Crippen LogP contribution is 2.23. The van der Waals surface area contributed by atoms with E-state index in [1.807, 2.05) is 50.2 Å². The predicted molar refractivity (Wildman–Crippen MR) is 153 cm³/mol. The van der Waals surface area contributed by atoms with Crippen molar-refractivity contribution >= 4 is 32.4 Å². The summed E-state index contributed by atoms with van der Waals surface area (Å²) in [5.74, 6) is -0.139. The third kappa shape index (κ3) is 8.01. The van der Waals surface area contributed by atoms with Crippen LogP contribution in [-0.4, -0.2) is 55.5 Å². The maximum absolute atomic E-state index is 13.4. The second kappa shape index (κ2) is 13.7. The summed E-state index contributed by atoms with van der Waals surface area (Å²) in [6, 6.07) is 19.0. The summed E-state index contributed by atoms with van der Waals surface area (Å²) in [6.45, 7) is 4.31. The topological polar surface area (TPSA) is 139 Å². The molecule has 1 amide bonds. The summed E-state index contributed by atoms with van der Waals surface area (Å²) in [5.41, 5.74) is 13.4. The minimum atomic E-state index is -3.80. The number of nitrogens with one attached hydrogen (secondary N) is 1. The fourth-order valence-corrected chi connectivity index (χ4v) is 6.27. The van der Waals surface area contributed by atoms with Gasteiger partial charge in [0, 0.05) is 24.8 Å². The number of nitrogens with zero attached hydrogens (tertiary/aromatic N) is 1. The Hall–Kier alpha value is -2.98. The minimum absolute atomic E-state index is 0.0796. The smallest absolute Gasteiger partial charge is 0.243 e. The van der Waals surface area contributed by atoms with Crippen molar-refractivity contribution in [1.29, 1.82) is 0 Å². The number of rotatable bonds is 14. The van der Waals surface area contributed by atoms with E-state index in [2.05, 4.69) is 11.4 Å². The van der Waals surface area contributed by atoms with Gasteiger partial charge in [-0.05, 0) is 65.8 Å². The normalized spacial score (nSPS) is 13.6. The van der Waals surface area contributed by atoms with Crippen molar-refractivity contribution in [3.63, 3.8) is 0 Å². The molecular formula is C29H40N4O4S. The van der Waals surface area contributed by atoms with Crippen LogP contribution in [0.2, 0.25) is 0 Å². The fraction of sp³-hybridized carbons (Fsp3) is 0.414. The molecule has 3 rings (SSSR count). The molecule has 0 bridgehead atoms. The number of nitrogens with two attached hydrogens (primary N) is 2. The summed E-state index contributed by atoms with van der Waals surface area (Å²) < 4.78 is 28.1. The largest absolute Gasteiger partial charge is 0.399 e. The van der Waals surface area contributed by atoms with Crippen molar-refractivity contribution in [3.05, 3.63) is 72.3 Å². The van der Waals surface area contributed by atoms with E-state index in [-0.39, 0.29) is 29.9 Å². The van der Waals surface area contributed by atoms with Gasteiger partial charge in [-0.2, -0.15) is 4.31 Å². The van der Waals surface area contributed by atoms with E-state index in [4.69, 9.17) is 11.5 Å². The van der Waals surface area contributed by atoms with Crippen LogP contribution >= 0.6 is 0 Å². The lowest BCUT2D eigenvalue weighted by Crippen LogP contribution is -2.44. The number of carbonyl (C=O) groups excluding carboxylic acids is 1. The summed E-state index contributed by atoms with van der Waals surface area (Å²) in [6.07, 6.45) is 2.19. The van der Waals surface area contributed by atoms with E-state index < -0.39 is 22.1 Å². The Kier molecular flexibility index (Phi) is 10.7. The molecule has 38 heavy (non-hydrogen) atoms. The maximum atomic E-state index is 13.4. The molecule has 0 aromatic heterocycles. The third-order valence-electron chi connectivity index (χ3n) is 6.52. The minimum Gasteiger partial charge on any atom is -0.399 e. The van der Waals surface area contributed by atoms with Gasteiger partial charge in [-0.1, -0.05) is 62.7 Å². The van der Waals surface area contributed by atoms with E-state index >= 15 is 0 Å². The number of sulfonamides is 1. The van der Waals surface area contributed by atoms with Gasteiger partial charge in [-0.3, -0.25) is 4.79 Å². The van der Waals surface area contributed by atoms with Crippen LogP contribution in [0.1, 0.15) is 38.7 Å². The van der Waals surface area contributed by atoms with Crippen LogP contribution in [0.25, 0.3) is 10.8 Å². The Morgan fingerprint density at radius 1 is 1.00 bits per heavy atom. The number of hydrogen-bond donors (Lipinski definition) is 4. The number of nitrogen functional groups attached to an aromatic ring is 1. The molecule has 0 heterocycles. The number of hydrogen-bond acceptors (Lipinski definition) is 6. The number of unbranched alkanes of at least 4 members (excludes halogenated alkanes) is 1. The zero-order valence-corrected chi connectivity index (χ0v) is 23.0. The summed E-state index contributed by atoms with van der Waals surface area (Å²) in [5, 5.41) is 15.2. The Balaban J connectivity index is 1.51. The monoisotopic (exact) mass is 540 g/mol. The van der Waals surface area contributed by atoms with Crippen molar-refractivity contribution in [2.45, 2.75) is 56.5 Å². The highest BCUT2D eigenvalue weighted by atomic mass is 32.2. The highest BCUT2D eigenvalue weighted by molar-refractivity contribution is 7.89. The summed E-state index contributed by atoms with van der Waals surface area (Å²) in [4.78, 5) is 12.7. The van der Waals surface area contributed by atoms with E-state index in [0.717, 1.165) is 16.3 Å². The maximum Gasteiger partial charge on any atom is 0.243 e. The van der Waals surface area contributed by atoms with E-state index in [0.29, 0.717) is 37.9 Å². The van der Waals surface area contributed by atoms with Gasteiger partial charge in [0.2, 0.25) is 15.9 Å². The lowest BCUT2D eigenvalue weighted by molar-refractivity contribution is -0.122. The van der Waals surface area contributed by atoms with Crippen LogP contribution in [0.5, 0.6) is 0 Å². The molecule has 0 spiro atoms. The number of carbonyl (C=O) groups is 1. The Morgan fingerprint density at radius 2 is 1.68 bits per heavy atom. The van der Waals surface area contributed by atoms with E-state index in [1.54, 1.807) is 12.1 Å². The SMILES string of the molecule is CC(C)CN(C(CO)CCCCNC(=O)[C@@H](N)Cc1ccc2ccccc2c1)S(=O)(=O)c1ccc(N)cc1. The molecule has 0 saturated heterocycles. The van der Waals surface area contributed by atoms with Crippen LogP contribution in [0, 0.1) is 5.92 Å². The van der Waals surface area contributed by atoms with Gasteiger partial charge in [0.05, 0.1) is 17.5 Å². The Morgan fingerprint density at radius 3 is 2.34 bits per heavy atom. The first kappa shape index (κ1) is 29.6. The molecule has 0 radical (unpaired) electrons. The van der Waals surface area contributed by atoms with Crippen LogP contribution in [0.3, 0.4) is 0 Å². The van der Waals surface area contributed by atoms with Gasteiger partial charge in [0.25, 0.3) is 0 Å². The van der Waals surface area contributed by atoms with Crippen LogP contribution in [0.15, 0.2) is 71.6 Å². The van der Waals surface area contributed by atoms with Gasteiger partial charge in [-0.15, -0.1) is 0 Å². The molecule has 0 aliphatic carbocycles. The summed E-state index contributed by atoms with van der Waals surface area (Å²) in [7, 11) is -3.80. The molecule has 2 atom stereocenters. The second-order valence-electron chi connectivity index (χ2n) is 10.2. The highest BCUT2D eigenvalue weighted by Gasteiger charge is 2.31. The van der Waals surface area contributed by atoms with Gasteiger partial charge in [0.1, 0.15) is 0 Å². The van der Waals surface area contributed by atoms with Gasteiger partial charge >= 0.3 is 0 Å². The molecule has 9 heteroatoms. The molecule has 3 aromatic rings. The third-order valence-corrected chi connectivity index (χ3v) is 8.45. The Labute approximate surface area is 226 Å². The lowest BCUT2D eigenvalue weighted by Gasteiger charge is -2.31. The molecule has 0 saturated carbocycles. The Bertz CT molecular complexity index is 1300. The van der Waals surface area contributed by atoms with Crippen LogP contribution < -0.4 is 16.8 Å². The number of aliphatic hydroxyl groups is 1. The zero-order valence-electron chi connectivity index (χ0n) is 22.2. The van der Waals surface area contributed by atoms with Gasteiger partial charge < -0.3 is 21.9 Å². The zero-order chi connectivity index (χ0) is 27.7. The first-order valence-corrected chi connectivity index (χ1v) is 14.5. The second-order valence-corrected chi connectivity index (χ2v) is 12.0. The quantitative estimate of drug-likeness (QED) is 0.183. The molecule has 3 aromatic carbocycles. The predicted octanol–water partition coefficient (Wildman–Crippen LogP) is 3.29. The average molecular weight is 541 g/mol. The molecule has 0 fully saturated rings. The molecule has 206 valence electrons. The molecule has 8 nitrogen and oxygen atoms in total. The fourth-order valence-electron chi connectivity index (χ4n) is 4.46. The number of benzene rings is 3. The van der Waals surface area contributed by atoms with Gasteiger partial charge in [-0.25, -0.2) is 8.42 Å². The average Bonchev–Trinajstić information content (AvgIpc) is 2.89. The van der Waals surface area contributed by atoms with Crippen molar-refractivity contribution in [1.82, 2.24) is 9.62 Å². The standard InChI is InChI=1S/C29H40N4O4S/c1-21(2)19-33(38(36,37)27-14-12-25(30)13-15-27)26(20-34)9-5-6-16-32-29(35)28(31)18-22-10-11-23-7-3-4-8-24(23)17-22/h3-4,7-8,10-15,17,21,26,28,34H,5-6,9,16,18-20,30-31H2,1-2H3,(H,32,35)/t26?,28-/m0/s1. The lowest BCUT2D eigenvalue weighted by atomic mass is 10.0. The number of anilines is 1. The first-order valence-electron chi connectivity index (χ1n) is 13.1. The van der Waals surface area contributed by atoms with Gasteiger partial charge in [0.15, 0.2) is 0 Å². The number of fused-ring (bicyclic) bond motifs is 1. The van der Waals surface area contributed by atoms with Crippen molar-refractivity contribution in [2.75, 3.05) is 25.4 Å². The van der Waals surface area contributed by atoms with Crippen LogP contribution in [0.4, 0.5) is 5.69 Å². The molecule has 0 aliphatic rings. The van der Waals surface area contributed by atoms with Crippen molar-refractivity contribution in [2.24, 2.45) is 11.7 Å². The number of aliphatic hydroxyl groups excluding tert-OH is 1. The van der Waals surface area contributed by atoms with Crippen molar-refractivity contribution in [3.8, 4) is 0 Å². The molecule has 0 aliphatic heterocycles. The van der Waals surface area contributed by atoms with Crippen molar-refractivity contribution < 1.29 is 18.3 Å². The van der Waals surface area contributed by atoms with E-state index in [9.17, 15) is 18.3 Å². The molecular weight excluding hydrogens is 500 g/mol. The first-order chi connectivity index (χ1) is 18.1. The number of amides is 1.